The normalized spacial score (nSPS) is 12.7. The van der Waals surface area contributed by atoms with E-state index in [0.29, 0.717) is 21.9 Å². The monoisotopic (exact) mass is 289 g/mol. The highest BCUT2D eigenvalue weighted by Crippen LogP contribution is 2.18. The van der Waals surface area contributed by atoms with E-state index in [-0.39, 0.29) is 11.6 Å². The number of rotatable bonds is 3. The van der Waals surface area contributed by atoms with Crippen LogP contribution in [0, 0.1) is 5.82 Å². The molecule has 0 fully saturated rings. The molecule has 0 aliphatic heterocycles. The molecule has 0 radical (unpaired) electrons. The van der Waals surface area contributed by atoms with E-state index in [9.17, 15) is 8.60 Å². The molecule has 2 aromatic carbocycles. The number of benzene rings is 2. The molecule has 0 spiro atoms. The van der Waals surface area contributed by atoms with Crippen LogP contribution < -0.4 is 5.73 Å². The fourth-order valence-electron chi connectivity index (χ4n) is 1.94. The van der Waals surface area contributed by atoms with Crippen LogP contribution in [0.3, 0.4) is 0 Å². The molecule has 20 heavy (non-hydrogen) atoms. The Hall–Kier alpha value is -2.21. The van der Waals surface area contributed by atoms with Crippen molar-refractivity contribution in [2.75, 3.05) is 5.73 Å². The number of nitrogen functional groups attached to an aromatic ring is 1. The van der Waals surface area contributed by atoms with Crippen LogP contribution >= 0.6 is 0 Å². The Morgan fingerprint density at radius 1 is 1.25 bits per heavy atom. The molecular formula is C14H12FN3OS. The van der Waals surface area contributed by atoms with Crippen molar-refractivity contribution in [2.45, 2.75) is 10.9 Å². The molecule has 1 atom stereocenters. The molecule has 6 heteroatoms. The van der Waals surface area contributed by atoms with E-state index in [1.807, 2.05) is 0 Å². The number of hydrogen-bond acceptors (Lipinski definition) is 3. The highest BCUT2D eigenvalue weighted by atomic mass is 32.2. The molecule has 0 saturated heterocycles. The molecule has 0 aliphatic rings. The first-order valence-electron chi connectivity index (χ1n) is 6.00. The molecule has 1 unspecified atom stereocenters. The number of aromatic amines is 1. The number of nitrogens with one attached hydrogen (secondary N) is 1. The number of H-pyrrole nitrogens is 1. The smallest absolute Gasteiger partial charge is 0.197 e. The van der Waals surface area contributed by atoms with Gasteiger partial charge in [-0.3, -0.25) is 4.21 Å². The van der Waals surface area contributed by atoms with Crippen LogP contribution in [-0.4, -0.2) is 14.2 Å². The van der Waals surface area contributed by atoms with E-state index in [1.54, 1.807) is 36.4 Å². The second-order valence-corrected chi connectivity index (χ2v) is 5.77. The summed E-state index contributed by atoms with van der Waals surface area (Å²) in [5.74, 6) is -0.275. The first-order chi connectivity index (χ1) is 9.63. The highest BCUT2D eigenvalue weighted by molar-refractivity contribution is 7.84. The van der Waals surface area contributed by atoms with Crippen LogP contribution in [-0.2, 0) is 16.6 Å². The van der Waals surface area contributed by atoms with Crippen molar-refractivity contribution < 1.29 is 8.60 Å². The number of aromatic nitrogens is 2. The van der Waals surface area contributed by atoms with Gasteiger partial charge in [0.1, 0.15) is 5.82 Å². The first kappa shape index (κ1) is 12.8. The van der Waals surface area contributed by atoms with Crippen molar-refractivity contribution in [3.05, 3.63) is 53.8 Å². The number of imidazole rings is 1. The van der Waals surface area contributed by atoms with Crippen LogP contribution in [0.25, 0.3) is 11.0 Å². The summed E-state index contributed by atoms with van der Waals surface area (Å²) in [6.07, 6.45) is 0. The predicted octanol–water partition coefficient (Wildman–Crippen LogP) is 2.59. The van der Waals surface area contributed by atoms with Crippen LogP contribution in [0.4, 0.5) is 10.1 Å². The third-order valence-electron chi connectivity index (χ3n) is 2.94. The van der Waals surface area contributed by atoms with Crippen molar-refractivity contribution >= 4 is 27.5 Å². The number of anilines is 1. The molecule has 102 valence electrons. The Bertz CT molecular complexity index is 800. The van der Waals surface area contributed by atoms with Crippen LogP contribution in [0.1, 0.15) is 5.56 Å². The number of halogens is 1. The Kier molecular flexibility index (Phi) is 3.23. The van der Waals surface area contributed by atoms with Crippen molar-refractivity contribution in [1.29, 1.82) is 0 Å². The fraction of sp³-hybridized carbons (Fsp3) is 0.0714. The standard InChI is InChI=1S/C14H12FN3OS/c15-11-4-2-1-3-9(11)8-20(19)14-17-12-6-5-10(16)7-13(12)18-14/h1-7H,8,16H2,(H,17,18). The van der Waals surface area contributed by atoms with Crippen molar-refractivity contribution in [2.24, 2.45) is 0 Å². The summed E-state index contributed by atoms with van der Waals surface area (Å²) in [6.45, 7) is 0. The third-order valence-corrected chi connectivity index (χ3v) is 4.14. The summed E-state index contributed by atoms with van der Waals surface area (Å²) < 4.78 is 25.8. The summed E-state index contributed by atoms with van der Waals surface area (Å²) >= 11 is 0. The van der Waals surface area contributed by atoms with Crippen molar-refractivity contribution in [3.63, 3.8) is 0 Å². The number of nitrogens with zero attached hydrogens (tertiary/aromatic N) is 1. The Labute approximate surface area is 117 Å². The highest BCUT2D eigenvalue weighted by Gasteiger charge is 2.12. The van der Waals surface area contributed by atoms with Gasteiger partial charge in [-0.25, -0.2) is 9.37 Å². The lowest BCUT2D eigenvalue weighted by atomic mass is 10.2. The largest absolute Gasteiger partial charge is 0.399 e. The summed E-state index contributed by atoms with van der Waals surface area (Å²) in [7, 11) is -1.43. The van der Waals surface area contributed by atoms with Crippen LogP contribution in [0.15, 0.2) is 47.6 Å². The molecule has 0 bridgehead atoms. The van der Waals surface area contributed by atoms with Gasteiger partial charge < -0.3 is 10.7 Å². The molecule has 3 N–H and O–H groups in total. The molecule has 1 aromatic heterocycles. The summed E-state index contributed by atoms with van der Waals surface area (Å²) in [5, 5.41) is 0.328. The zero-order valence-electron chi connectivity index (χ0n) is 10.5. The van der Waals surface area contributed by atoms with E-state index in [2.05, 4.69) is 9.97 Å². The van der Waals surface area contributed by atoms with Gasteiger partial charge in [0.15, 0.2) is 5.16 Å². The Morgan fingerprint density at radius 2 is 2.05 bits per heavy atom. The number of nitrogens with two attached hydrogens (primary N) is 1. The predicted molar refractivity (Wildman–Crippen MR) is 77.0 cm³/mol. The molecule has 0 amide bonds. The molecule has 4 nitrogen and oxygen atoms in total. The summed E-state index contributed by atoms with van der Waals surface area (Å²) in [4.78, 5) is 7.21. The minimum absolute atomic E-state index is 0.0853. The maximum Gasteiger partial charge on any atom is 0.197 e. The maximum absolute atomic E-state index is 13.5. The molecule has 0 saturated carbocycles. The number of fused-ring (bicyclic) bond motifs is 1. The average molecular weight is 289 g/mol. The molecule has 3 aromatic rings. The quantitative estimate of drug-likeness (QED) is 0.728. The summed E-state index contributed by atoms with van der Waals surface area (Å²) in [6, 6.07) is 11.5. The van der Waals surface area contributed by atoms with E-state index in [1.165, 1.54) is 6.07 Å². The van der Waals surface area contributed by atoms with E-state index in [4.69, 9.17) is 5.73 Å². The van der Waals surface area contributed by atoms with E-state index < -0.39 is 10.8 Å². The van der Waals surface area contributed by atoms with Gasteiger partial charge in [0.25, 0.3) is 0 Å². The van der Waals surface area contributed by atoms with Crippen LogP contribution in [0.2, 0.25) is 0 Å². The van der Waals surface area contributed by atoms with Crippen molar-refractivity contribution in [3.8, 4) is 0 Å². The van der Waals surface area contributed by atoms with Crippen molar-refractivity contribution in [1.82, 2.24) is 9.97 Å². The van der Waals surface area contributed by atoms with Gasteiger partial charge in [-0.15, -0.1) is 0 Å². The second kappa shape index (κ2) is 5.05. The Balaban J connectivity index is 1.91. The second-order valence-electron chi connectivity index (χ2n) is 4.40. The van der Waals surface area contributed by atoms with E-state index in [0.717, 1.165) is 5.52 Å². The zero-order valence-corrected chi connectivity index (χ0v) is 11.3. The van der Waals surface area contributed by atoms with Crippen LogP contribution in [0.5, 0.6) is 0 Å². The molecule has 3 rings (SSSR count). The van der Waals surface area contributed by atoms with Gasteiger partial charge in [-0.1, -0.05) is 18.2 Å². The maximum atomic E-state index is 13.5. The fourth-order valence-corrected chi connectivity index (χ4v) is 3.01. The van der Waals surface area contributed by atoms with Gasteiger partial charge in [0.05, 0.1) is 27.6 Å². The lowest BCUT2D eigenvalue weighted by Gasteiger charge is -2.00. The van der Waals surface area contributed by atoms with E-state index >= 15 is 0 Å². The molecular weight excluding hydrogens is 277 g/mol. The van der Waals surface area contributed by atoms with Gasteiger partial charge in [0, 0.05) is 11.3 Å². The van der Waals surface area contributed by atoms with Gasteiger partial charge >= 0.3 is 0 Å². The third kappa shape index (κ3) is 2.42. The lowest BCUT2D eigenvalue weighted by Crippen LogP contribution is -2.00. The average Bonchev–Trinajstić information content (AvgIpc) is 2.84. The van der Waals surface area contributed by atoms with Gasteiger partial charge in [-0.05, 0) is 24.3 Å². The SMILES string of the molecule is Nc1ccc2nc(S(=O)Cc3ccccc3F)[nH]c2c1. The van der Waals surface area contributed by atoms with Gasteiger partial charge in [0.2, 0.25) is 0 Å². The zero-order chi connectivity index (χ0) is 14.1. The molecule has 1 heterocycles. The lowest BCUT2D eigenvalue weighted by molar-refractivity contribution is 0.615. The number of hydrogen-bond donors (Lipinski definition) is 2. The topological polar surface area (TPSA) is 71.8 Å². The minimum Gasteiger partial charge on any atom is -0.399 e. The molecule has 0 aliphatic carbocycles. The summed E-state index contributed by atoms with van der Waals surface area (Å²) in [5.41, 5.74) is 8.11. The first-order valence-corrected chi connectivity index (χ1v) is 7.32. The van der Waals surface area contributed by atoms with Gasteiger partial charge in [-0.2, -0.15) is 0 Å². The Morgan fingerprint density at radius 3 is 2.85 bits per heavy atom. The minimum atomic E-state index is -1.43.